The predicted molar refractivity (Wildman–Crippen MR) is 52.7 cm³/mol. The first kappa shape index (κ1) is 10.1. The van der Waals surface area contributed by atoms with Gasteiger partial charge in [-0.05, 0) is 13.3 Å². The van der Waals surface area contributed by atoms with Gasteiger partial charge in [-0.3, -0.25) is 0 Å². The number of hydrogen-bond donors (Lipinski definition) is 2. The maximum absolute atomic E-state index is 8.99. The molecule has 4 heteroatoms. The average molecular weight is 183 g/mol. The maximum Gasteiger partial charge on any atom is 0.203 e. The number of aliphatic hydroxyl groups is 1. The molecular formula is C9H17N3O. The zero-order chi connectivity index (χ0) is 9.68. The summed E-state index contributed by atoms with van der Waals surface area (Å²) in [5.41, 5.74) is 0. The Hall–Kier alpha value is -1.03. The highest BCUT2D eigenvalue weighted by molar-refractivity contribution is 5.27. The third-order valence-corrected chi connectivity index (χ3v) is 2.10. The Morgan fingerprint density at radius 3 is 2.92 bits per heavy atom. The molecule has 1 atom stereocenters. The van der Waals surface area contributed by atoms with Gasteiger partial charge < -0.3 is 15.0 Å². The fraction of sp³-hybridized carbons (Fsp3) is 0.667. The van der Waals surface area contributed by atoms with Crippen molar-refractivity contribution in [3.05, 3.63) is 12.4 Å². The van der Waals surface area contributed by atoms with Crippen molar-refractivity contribution in [1.82, 2.24) is 9.55 Å². The molecule has 1 unspecified atom stereocenters. The molecule has 0 spiro atoms. The predicted octanol–water partition coefficient (Wildman–Crippen LogP) is 1.09. The second-order valence-electron chi connectivity index (χ2n) is 2.97. The number of hydrogen-bond acceptors (Lipinski definition) is 3. The molecule has 1 aromatic rings. The highest BCUT2D eigenvalue weighted by Gasteiger charge is 2.07. The Morgan fingerprint density at radius 1 is 1.62 bits per heavy atom. The summed E-state index contributed by atoms with van der Waals surface area (Å²) >= 11 is 0. The number of aliphatic hydroxyl groups excluding tert-OH is 1. The van der Waals surface area contributed by atoms with Crippen molar-refractivity contribution in [1.29, 1.82) is 0 Å². The van der Waals surface area contributed by atoms with Crippen LogP contribution in [-0.4, -0.2) is 27.3 Å². The minimum atomic E-state index is 0.104. The summed E-state index contributed by atoms with van der Waals surface area (Å²) in [6.07, 6.45) is 4.58. The van der Waals surface area contributed by atoms with E-state index < -0.39 is 0 Å². The molecule has 2 N–H and O–H groups in total. The van der Waals surface area contributed by atoms with Gasteiger partial charge in [-0.25, -0.2) is 4.98 Å². The largest absolute Gasteiger partial charge is 0.394 e. The summed E-state index contributed by atoms with van der Waals surface area (Å²) in [6, 6.07) is 0.104. The topological polar surface area (TPSA) is 50.1 Å². The smallest absolute Gasteiger partial charge is 0.203 e. The van der Waals surface area contributed by atoms with Crippen LogP contribution in [0.1, 0.15) is 20.3 Å². The molecule has 0 radical (unpaired) electrons. The second kappa shape index (κ2) is 4.87. The number of imidazole rings is 1. The van der Waals surface area contributed by atoms with Gasteiger partial charge in [-0.15, -0.1) is 0 Å². The van der Waals surface area contributed by atoms with Crippen LogP contribution in [-0.2, 0) is 6.54 Å². The van der Waals surface area contributed by atoms with Gasteiger partial charge in [0.15, 0.2) is 0 Å². The Bertz CT molecular complexity index is 243. The number of rotatable bonds is 5. The zero-order valence-corrected chi connectivity index (χ0v) is 8.20. The van der Waals surface area contributed by atoms with Crippen LogP contribution in [0.5, 0.6) is 0 Å². The zero-order valence-electron chi connectivity index (χ0n) is 8.20. The van der Waals surface area contributed by atoms with E-state index in [1.165, 1.54) is 0 Å². The van der Waals surface area contributed by atoms with Crippen molar-refractivity contribution in [3.63, 3.8) is 0 Å². The molecule has 0 aliphatic carbocycles. The van der Waals surface area contributed by atoms with E-state index in [4.69, 9.17) is 5.11 Å². The quantitative estimate of drug-likeness (QED) is 0.718. The standard InChI is InChI=1S/C9H17N3O/c1-3-8(7-13)11-9-10-5-6-12(9)4-2/h5-6,8,13H,3-4,7H2,1-2H3,(H,10,11). The SMILES string of the molecule is CCC(CO)Nc1nccn1CC. The first-order valence-corrected chi connectivity index (χ1v) is 4.70. The van der Waals surface area contributed by atoms with E-state index in [-0.39, 0.29) is 12.6 Å². The lowest BCUT2D eigenvalue weighted by Gasteiger charge is -2.15. The molecule has 0 aromatic carbocycles. The molecule has 0 amide bonds. The van der Waals surface area contributed by atoms with E-state index in [1.54, 1.807) is 6.20 Å². The molecule has 1 aromatic heterocycles. The van der Waals surface area contributed by atoms with Gasteiger partial charge in [-0.1, -0.05) is 6.92 Å². The summed E-state index contributed by atoms with van der Waals surface area (Å²) in [7, 11) is 0. The van der Waals surface area contributed by atoms with Crippen LogP contribution in [0.2, 0.25) is 0 Å². The summed E-state index contributed by atoms with van der Waals surface area (Å²) in [5.74, 6) is 0.836. The lowest BCUT2D eigenvalue weighted by Crippen LogP contribution is -2.24. The van der Waals surface area contributed by atoms with E-state index in [2.05, 4.69) is 17.2 Å². The molecule has 13 heavy (non-hydrogen) atoms. The first-order chi connectivity index (χ1) is 6.31. The molecule has 4 nitrogen and oxygen atoms in total. The third kappa shape index (κ3) is 2.45. The van der Waals surface area contributed by atoms with Crippen LogP contribution in [0.3, 0.4) is 0 Å². The number of aryl methyl sites for hydroxylation is 1. The molecule has 0 saturated heterocycles. The monoisotopic (exact) mass is 183 g/mol. The number of nitrogens with one attached hydrogen (secondary N) is 1. The fourth-order valence-electron chi connectivity index (χ4n) is 1.16. The normalized spacial score (nSPS) is 12.8. The van der Waals surface area contributed by atoms with Crippen molar-refractivity contribution in [2.24, 2.45) is 0 Å². The van der Waals surface area contributed by atoms with Crippen LogP contribution in [0.15, 0.2) is 12.4 Å². The Morgan fingerprint density at radius 2 is 2.38 bits per heavy atom. The lowest BCUT2D eigenvalue weighted by molar-refractivity contribution is 0.271. The first-order valence-electron chi connectivity index (χ1n) is 4.70. The van der Waals surface area contributed by atoms with E-state index in [0.717, 1.165) is 18.9 Å². The van der Waals surface area contributed by atoms with Crippen LogP contribution in [0.4, 0.5) is 5.95 Å². The molecule has 74 valence electrons. The summed E-state index contributed by atoms with van der Waals surface area (Å²) in [6.45, 7) is 5.14. The van der Waals surface area contributed by atoms with Crippen LogP contribution >= 0.6 is 0 Å². The lowest BCUT2D eigenvalue weighted by atomic mass is 10.2. The highest BCUT2D eigenvalue weighted by atomic mass is 16.3. The van der Waals surface area contributed by atoms with Crippen molar-refractivity contribution in [3.8, 4) is 0 Å². The van der Waals surface area contributed by atoms with Crippen LogP contribution < -0.4 is 5.32 Å². The number of anilines is 1. The highest BCUT2D eigenvalue weighted by Crippen LogP contribution is 2.06. The van der Waals surface area contributed by atoms with Gasteiger partial charge in [0.25, 0.3) is 0 Å². The molecular weight excluding hydrogens is 166 g/mol. The second-order valence-corrected chi connectivity index (χ2v) is 2.97. The minimum absolute atomic E-state index is 0.104. The van der Waals surface area contributed by atoms with Crippen LogP contribution in [0.25, 0.3) is 0 Å². The Kier molecular flexibility index (Phi) is 3.76. The van der Waals surface area contributed by atoms with E-state index in [9.17, 15) is 0 Å². The minimum Gasteiger partial charge on any atom is -0.394 e. The van der Waals surface area contributed by atoms with E-state index >= 15 is 0 Å². The Labute approximate surface area is 78.6 Å². The van der Waals surface area contributed by atoms with E-state index in [1.807, 2.05) is 17.7 Å². The summed E-state index contributed by atoms with van der Waals surface area (Å²) in [4.78, 5) is 4.16. The van der Waals surface area contributed by atoms with Gasteiger partial charge >= 0.3 is 0 Å². The molecule has 0 bridgehead atoms. The fourth-order valence-corrected chi connectivity index (χ4v) is 1.16. The van der Waals surface area contributed by atoms with Gasteiger partial charge in [0.2, 0.25) is 5.95 Å². The van der Waals surface area contributed by atoms with E-state index in [0.29, 0.717) is 0 Å². The molecule has 0 saturated carbocycles. The molecule has 1 heterocycles. The van der Waals surface area contributed by atoms with Crippen molar-refractivity contribution >= 4 is 5.95 Å². The van der Waals surface area contributed by atoms with Crippen molar-refractivity contribution < 1.29 is 5.11 Å². The van der Waals surface area contributed by atoms with Crippen LogP contribution in [0, 0.1) is 0 Å². The van der Waals surface area contributed by atoms with Crippen molar-refractivity contribution in [2.45, 2.75) is 32.9 Å². The molecule has 0 fully saturated rings. The van der Waals surface area contributed by atoms with Gasteiger partial charge in [0.05, 0.1) is 12.6 Å². The summed E-state index contributed by atoms with van der Waals surface area (Å²) in [5, 5.41) is 12.2. The van der Waals surface area contributed by atoms with Gasteiger partial charge in [0.1, 0.15) is 0 Å². The third-order valence-electron chi connectivity index (χ3n) is 2.10. The number of nitrogens with zero attached hydrogens (tertiary/aromatic N) is 2. The van der Waals surface area contributed by atoms with Gasteiger partial charge in [-0.2, -0.15) is 0 Å². The summed E-state index contributed by atoms with van der Waals surface area (Å²) < 4.78 is 2.01. The maximum atomic E-state index is 8.99. The number of aromatic nitrogens is 2. The molecule has 0 aliphatic rings. The van der Waals surface area contributed by atoms with Gasteiger partial charge in [0, 0.05) is 18.9 Å². The van der Waals surface area contributed by atoms with Crippen molar-refractivity contribution in [2.75, 3.05) is 11.9 Å². The Balaban J connectivity index is 2.61. The average Bonchev–Trinajstić information content (AvgIpc) is 2.61. The molecule has 0 aliphatic heterocycles. The molecule has 1 rings (SSSR count).